The van der Waals surface area contributed by atoms with E-state index in [1.807, 2.05) is 0 Å². The molecule has 2 aromatic rings. The molecule has 170 valence electrons. The maximum absolute atomic E-state index is 6.39. The minimum Gasteiger partial charge on any atom is -0.399 e. The minimum atomic E-state index is 0.0761. The summed E-state index contributed by atoms with van der Waals surface area (Å²) in [6.07, 6.45) is 12.9. The summed E-state index contributed by atoms with van der Waals surface area (Å²) in [5, 5.41) is 0. The predicted octanol–water partition coefficient (Wildman–Crippen LogP) is 9.51. The monoisotopic (exact) mass is 483 g/mol. The summed E-state index contributed by atoms with van der Waals surface area (Å²) >= 11 is 3.80. The summed E-state index contributed by atoms with van der Waals surface area (Å²) in [6, 6.07) is 13.6. The lowest BCUT2D eigenvalue weighted by atomic mass is 9.65. The fraction of sp³-hybridized carbons (Fsp3) is 0.586. The Balaban J connectivity index is 2.16. The second-order valence-electron chi connectivity index (χ2n) is 9.82. The van der Waals surface area contributed by atoms with Gasteiger partial charge in [0.2, 0.25) is 0 Å². The Bertz CT molecular complexity index is 784. The minimum absolute atomic E-state index is 0.0761. The second kappa shape index (κ2) is 11.0. The van der Waals surface area contributed by atoms with Gasteiger partial charge >= 0.3 is 0 Å². The molecular formula is C29H42BrN. The maximum atomic E-state index is 6.39. The van der Waals surface area contributed by atoms with Gasteiger partial charge in [-0.3, -0.25) is 0 Å². The van der Waals surface area contributed by atoms with Gasteiger partial charge in [-0.25, -0.2) is 0 Å². The van der Waals surface area contributed by atoms with Crippen LogP contribution in [0.2, 0.25) is 0 Å². The van der Waals surface area contributed by atoms with Crippen molar-refractivity contribution in [3.8, 4) is 11.1 Å². The first-order valence-corrected chi connectivity index (χ1v) is 13.5. The van der Waals surface area contributed by atoms with Gasteiger partial charge in [0.05, 0.1) is 0 Å². The fourth-order valence-electron chi connectivity index (χ4n) is 5.88. The number of anilines is 1. The zero-order valence-electron chi connectivity index (χ0n) is 20.1. The van der Waals surface area contributed by atoms with Crippen LogP contribution in [0.25, 0.3) is 11.1 Å². The summed E-state index contributed by atoms with van der Waals surface area (Å²) in [7, 11) is 0. The Labute approximate surface area is 199 Å². The first-order valence-electron chi connectivity index (χ1n) is 12.7. The van der Waals surface area contributed by atoms with Crippen molar-refractivity contribution in [2.75, 3.05) is 5.73 Å². The summed E-state index contributed by atoms with van der Waals surface area (Å²) in [5.41, 5.74) is 13.2. The molecule has 2 aromatic carbocycles. The van der Waals surface area contributed by atoms with E-state index in [4.69, 9.17) is 5.73 Å². The molecule has 1 aliphatic carbocycles. The molecule has 0 spiro atoms. The average molecular weight is 485 g/mol. The van der Waals surface area contributed by atoms with Crippen LogP contribution < -0.4 is 5.73 Å². The van der Waals surface area contributed by atoms with Gasteiger partial charge in [-0.2, -0.15) is 0 Å². The van der Waals surface area contributed by atoms with Gasteiger partial charge in [-0.15, -0.1) is 0 Å². The van der Waals surface area contributed by atoms with Gasteiger partial charge in [0, 0.05) is 15.6 Å². The van der Waals surface area contributed by atoms with E-state index in [-0.39, 0.29) is 5.41 Å². The molecular weight excluding hydrogens is 442 g/mol. The van der Waals surface area contributed by atoms with E-state index in [1.165, 1.54) is 90.9 Å². The van der Waals surface area contributed by atoms with Gasteiger partial charge in [-0.1, -0.05) is 107 Å². The van der Waals surface area contributed by atoms with Gasteiger partial charge in [-0.05, 0) is 71.2 Å². The lowest BCUT2D eigenvalue weighted by Crippen LogP contribution is -2.31. The zero-order valence-corrected chi connectivity index (χ0v) is 21.7. The first kappa shape index (κ1) is 24.4. The molecule has 0 aromatic heterocycles. The van der Waals surface area contributed by atoms with E-state index in [1.54, 1.807) is 0 Å². The molecule has 1 aliphatic rings. The van der Waals surface area contributed by atoms with Crippen LogP contribution in [0.5, 0.6) is 0 Å². The van der Waals surface area contributed by atoms with Crippen molar-refractivity contribution in [3.63, 3.8) is 0 Å². The standard InChI is InChI=1S/C29H42BrN/c1-5-9-11-21(7-3)19-29(20-22(8-4)12-10-6-2)27-17-23(30)13-15-25(27)26-16-14-24(31)18-28(26)29/h13-18,21-22H,5-12,19-20,31H2,1-4H3. The van der Waals surface area contributed by atoms with E-state index < -0.39 is 0 Å². The van der Waals surface area contributed by atoms with E-state index >= 15 is 0 Å². The quantitative estimate of drug-likeness (QED) is 0.298. The third-order valence-corrected chi connectivity index (χ3v) is 8.20. The van der Waals surface area contributed by atoms with Gasteiger partial charge < -0.3 is 5.73 Å². The normalized spacial score (nSPS) is 19.1. The van der Waals surface area contributed by atoms with Crippen molar-refractivity contribution in [3.05, 3.63) is 52.0 Å². The number of fused-ring (bicyclic) bond motifs is 3. The molecule has 0 amide bonds. The average Bonchev–Trinajstić information content (AvgIpc) is 3.02. The molecule has 3 rings (SSSR count). The van der Waals surface area contributed by atoms with Crippen molar-refractivity contribution in [1.29, 1.82) is 0 Å². The molecule has 2 heteroatoms. The summed E-state index contributed by atoms with van der Waals surface area (Å²) in [4.78, 5) is 0. The first-order chi connectivity index (χ1) is 15.0. The molecule has 2 unspecified atom stereocenters. The highest BCUT2D eigenvalue weighted by Gasteiger charge is 2.45. The highest BCUT2D eigenvalue weighted by molar-refractivity contribution is 9.10. The highest BCUT2D eigenvalue weighted by Crippen LogP contribution is 2.57. The summed E-state index contributed by atoms with van der Waals surface area (Å²) in [6.45, 7) is 9.41. The van der Waals surface area contributed by atoms with Crippen LogP contribution in [0, 0.1) is 11.8 Å². The Morgan fingerprint density at radius 1 is 0.774 bits per heavy atom. The summed E-state index contributed by atoms with van der Waals surface area (Å²) in [5.74, 6) is 1.51. The molecule has 0 radical (unpaired) electrons. The maximum Gasteiger partial charge on any atom is 0.0317 e. The smallest absolute Gasteiger partial charge is 0.0317 e. The van der Waals surface area contributed by atoms with Crippen LogP contribution in [0.1, 0.15) is 103 Å². The molecule has 0 saturated carbocycles. The molecule has 0 saturated heterocycles. The second-order valence-corrected chi connectivity index (χ2v) is 10.7. The largest absolute Gasteiger partial charge is 0.399 e. The molecule has 0 heterocycles. The van der Waals surface area contributed by atoms with Gasteiger partial charge in [0.15, 0.2) is 0 Å². The van der Waals surface area contributed by atoms with Crippen molar-refractivity contribution < 1.29 is 0 Å². The number of unbranched alkanes of at least 4 members (excludes halogenated alkanes) is 2. The van der Waals surface area contributed by atoms with E-state index in [9.17, 15) is 0 Å². The van der Waals surface area contributed by atoms with Gasteiger partial charge in [0.25, 0.3) is 0 Å². The predicted molar refractivity (Wildman–Crippen MR) is 141 cm³/mol. The Kier molecular flexibility index (Phi) is 8.67. The van der Waals surface area contributed by atoms with Crippen molar-refractivity contribution in [2.24, 2.45) is 11.8 Å². The highest BCUT2D eigenvalue weighted by atomic mass is 79.9. The van der Waals surface area contributed by atoms with E-state index in [0.717, 1.165) is 17.5 Å². The van der Waals surface area contributed by atoms with Crippen LogP contribution in [0.15, 0.2) is 40.9 Å². The van der Waals surface area contributed by atoms with Crippen LogP contribution in [0.4, 0.5) is 5.69 Å². The Morgan fingerprint density at radius 2 is 1.29 bits per heavy atom. The van der Waals surface area contributed by atoms with Crippen LogP contribution in [-0.2, 0) is 5.41 Å². The molecule has 0 aliphatic heterocycles. The molecule has 1 nitrogen and oxygen atoms in total. The fourth-order valence-corrected chi connectivity index (χ4v) is 6.24. The van der Waals surface area contributed by atoms with Gasteiger partial charge in [0.1, 0.15) is 0 Å². The Hall–Kier alpha value is -1.28. The SMILES string of the molecule is CCCCC(CC)CC1(CC(CC)CCCC)c2cc(N)ccc2-c2ccc(Br)cc21. The molecule has 0 bridgehead atoms. The van der Waals surface area contributed by atoms with Crippen LogP contribution >= 0.6 is 15.9 Å². The van der Waals surface area contributed by atoms with E-state index in [0.29, 0.717) is 0 Å². The van der Waals surface area contributed by atoms with Crippen LogP contribution in [0.3, 0.4) is 0 Å². The number of nitrogens with two attached hydrogens (primary N) is 1. The molecule has 31 heavy (non-hydrogen) atoms. The van der Waals surface area contributed by atoms with E-state index in [2.05, 4.69) is 80.0 Å². The van der Waals surface area contributed by atoms with Crippen molar-refractivity contribution >= 4 is 21.6 Å². The Morgan fingerprint density at radius 3 is 1.81 bits per heavy atom. The lowest BCUT2D eigenvalue weighted by Gasteiger charge is -2.38. The third kappa shape index (κ3) is 5.21. The number of hydrogen-bond donors (Lipinski definition) is 1. The molecule has 2 atom stereocenters. The number of nitrogen functional groups attached to an aromatic ring is 1. The third-order valence-electron chi connectivity index (χ3n) is 7.71. The number of halogens is 1. The summed E-state index contributed by atoms with van der Waals surface area (Å²) < 4.78 is 1.19. The molecule has 2 N–H and O–H groups in total. The zero-order chi connectivity index (χ0) is 22.4. The number of hydrogen-bond acceptors (Lipinski definition) is 1. The number of benzene rings is 2. The molecule has 0 fully saturated rings. The lowest BCUT2D eigenvalue weighted by molar-refractivity contribution is 0.266. The van der Waals surface area contributed by atoms with Crippen molar-refractivity contribution in [2.45, 2.75) is 97.3 Å². The number of rotatable bonds is 12. The van der Waals surface area contributed by atoms with Crippen LogP contribution in [-0.4, -0.2) is 0 Å². The van der Waals surface area contributed by atoms with Crippen molar-refractivity contribution in [1.82, 2.24) is 0 Å². The topological polar surface area (TPSA) is 26.0 Å².